The third kappa shape index (κ3) is 3.88. The maximum atomic E-state index is 12.3. The van der Waals surface area contributed by atoms with Crippen LogP contribution in [-0.4, -0.2) is 23.6 Å². The molecule has 1 N–H and O–H groups in total. The summed E-state index contributed by atoms with van der Waals surface area (Å²) < 4.78 is 7.32. The minimum atomic E-state index is -0.0909. The van der Waals surface area contributed by atoms with E-state index >= 15 is 0 Å². The zero-order valence-corrected chi connectivity index (χ0v) is 12.8. The van der Waals surface area contributed by atoms with Crippen LogP contribution in [0.25, 0.3) is 0 Å². The lowest BCUT2D eigenvalue weighted by molar-refractivity contribution is 0.0935. The van der Waals surface area contributed by atoms with Crippen molar-refractivity contribution in [2.75, 3.05) is 7.11 Å². The first-order valence-corrected chi connectivity index (χ1v) is 7.16. The van der Waals surface area contributed by atoms with E-state index in [1.165, 1.54) is 5.69 Å². The maximum Gasteiger partial charge on any atom is 0.255 e. The van der Waals surface area contributed by atoms with Gasteiger partial charge in [0.05, 0.1) is 12.7 Å². The van der Waals surface area contributed by atoms with E-state index in [1.807, 2.05) is 38.4 Å². The van der Waals surface area contributed by atoms with Crippen LogP contribution in [0.4, 0.5) is 0 Å². The smallest absolute Gasteiger partial charge is 0.255 e. The fraction of sp³-hybridized carbons (Fsp3) is 0.353. The molecule has 1 aromatic heterocycles. The van der Waals surface area contributed by atoms with Crippen molar-refractivity contribution < 1.29 is 9.53 Å². The van der Waals surface area contributed by atoms with Crippen molar-refractivity contribution in [3.8, 4) is 5.75 Å². The minimum Gasteiger partial charge on any atom is -0.496 e. The van der Waals surface area contributed by atoms with Crippen molar-refractivity contribution in [3.63, 3.8) is 0 Å². The van der Waals surface area contributed by atoms with Gasteiger partial charge in [0.1, 0.15) is 5.75 Å². The molecule has 2 aromatic rings. The Bertz CT molecular complexity index is 604. The molecule has 4 nitrogen and oxygen atoms in total. The highest BCUT2D eigenvalue weighted by atomic mass is 16.5. The van der Waals surface area contributed by atoms with Gasteiger partial charge in [0.25, 0.3) is 5.91 Å². The van der Waals surface area contributed by atoms with Crippen LogP contribution in [0.1, 0.15) is 29.4 Å². The average molecular weight is 286 g/mol. The third-order valence-electron chi connectivity index (χ3n) is 3.61. The van der Waals surface area contributed by atoms with Crippen LogP contribution < -0.4 is 10.1 Å². The number of rotatable bonds is 6. The summed E-state index contributed by atoms with van der Waals surface area (Å²) in [5.41, 5.74) is 1.85. The number of ether oxygens (including phenoxy) is 1. The molecule has 0 aliphatic carbocycles. The zero-order valence-electron chi connectivity index (χ0n) is 12.8. The molecule has 112 valence electrons. The molecule has 4 heteroatoms. The zero-order chi connectivity index (χ0) is 15.2. The van der Waals surface area contributed by atoms with Crippen molar-refractivity contribution in [2.24, 2.45) is 7.05 Å². The normalized spacial score (nSPS) is 12.0. The highest BCUT2D eigenvalue weighted by molar-refractivity contribution is 5.97. The first-order valence-electron chi connectivity index (χ1n) is 7.16. The predicted octanol–water partition coefficient (Wildman–Crippen LogP) is 2.78. The van der Waals surface area contributed by atoms with Gasteiger partial charge in [-0.2, -0.15) is 0 Å². The number of methoxy groups -OCH3 is 1. The van der Waals surface area contributed by atoms with E-state index < -0.39 is 0 Å². The molecule has 1 unspecified atom stereocenters. The van der Waals surface area contributed by atoms with Gasteiger partial charge in [0.2, 0.25) is 0 Å². The van der Waals surface area contributed by atoms with Crippen molar-refractivity contribution in [1.29, 1.82) is 0 Å². The van der Waals surface area contributed by atoms with Crippen LogP contribution in [0.2, 0.25) is 0 Å². The van der Waals surface area contributed by atoms with Crippen molar-refractivity contribution >= 4 is 5.91 Å². The van der Waals surface area contributed by atoms with Crippen molar-refractivity contribution in [3.05, 3.63) is 53.9 Å². The molecule has 2 rings (SSSR count). The molecule has 0 radical (unpaired) electrons. The summed E-state index contributed by atoms with van der Waals surface area (Å²) in [6, 6.07) is 11.5. The Hall–Kier alpha value is -2.23. The lowest BCUT2D eigenvalue weighted by Crippen LogP contribution is -2.33. The Balaban J connectivity index is 1.91. The summed E-state index contributed by atoms with van der Waals surface area (Å²) in [6.07, 6.45) is 3.88. The predicted molar refractivity (Wildman–Crippen MR) is 83.7 cm³/mol. The van der Waals surface area contributed by atoms with Gasteiger partial charge in [-0.25, -0.2) is 0 Å². The molecular formula is C17H22N2O2. The second-order valence-electron chi connectivity index (χ2n) is 5.22. The standard InChI is InChI=1S/C17H22N2O2/c1-13(10-11-14-7-6-12-19(14)2)18-17(20)15-8-4-5-9-16(15)21-3/h4-9,12-13H,10-11H2,1-3H3,(H,18,20). The van der Waals surface area contributed by atoms with Crippen LogP contribution in [0.5, 0.6) is 5.75 Å². The molecule has 0 aliphatic heterocycles. The highest BCUT2D eigenvalue weighted by Crippen LogP contribution is 2.17. The number of aromatic nitrogens is 1. The number of nitrogens with zero attached hydrogens (tertiary/aromatic N) is 1. The minimum absolute atomic E-state index is 0.0909. The van der Waals surface area contributed by atoms with Gasteiger partial charge < -0.3 is 14.6 Å². The maximum absolute atomic E-state index is 12.3. The summed E-state index contributed by atoms with van der Waals surface area (Å²) in [5, 5.41) is 3.02. The number of hydrogen-bond donors (Lipinski definition) is 1. The molecule has 0 saturated heterocycles. The molecule has 1 amide bonds. The number of amides is 1. The summed E-state index contributed by atoms with van der Waals surface area (Å²) in [4.78, 5) is 12.3. The molecule has 21 heavy (non-hydrogen) atoms. The van der Waals surface area contributed by atoms with Crippen LogP contribution >= 0.6 is 0 Å². The lowest BCUT2D eigenvalue weighted by Gasteiger charge is -2.15. The second-order valence-corrected chi connectivity index (χ2v) is 5.22. The van der Waals surface area contributed by atoms with Crippen molar-refractivity contribution in [2.45, 2.75) is 25.8 Å². The molecule has 1 heterocycles. The monoisotopic (exact) mass is 286 g/mol. The lowest BCUT2D eigenvalue weighted by atomic mass is 10.1. The number of para-hydroxylation sites is 1. The SMILES string of the molecule is COc1ccccc1C(=O)NC(C)CCc1cccn1C. The number of aryl methyl sites for hydroxylation is 2. The Labute approximate surface area is 125 Å². The number of hydrogen-bond acceptors (Lipinski definition) is 2. The fourth-order valence-corrected chi connectivity index (χ4v) is 2.33. The summed E-state index contributed by atoms with van der Waals surface area (Å²) >= 11 is 0. The number of carbonyl (C=O) groups excluding carboxylic acids is 1. The van der Waals surface area contributed by atoms with Gasteiger partial charge in [-0.1, -0.05) is 12.1 Å². The van der Waals surface area contributed by atoms with E-state index in [2.05, 4.69) is 16.0 Å². The number of carbonyl (C=O) groups is 1. The average Bonchev–Trinajstić information content (AvgIpc) is 2.90. The van der Waals surface area contributed by atoms with Crippen LogP contribution in [-0.2, 0) is 13.5 Å². The van der Waals surface area contributed by atoms with Gasteiger partial charge in [-0.3, -0.25) is 4.79 Å². The Morgan fingerprint density at radius 3 is 2.71 bits per heavy atom. The highest BCUT2D eigenvalue weighted by Gasteiger charge is 2.14. The molecule has 0 spiro atoms. The number of nitrogens with one attached hydrogen (secondary N) is 1. The summed E-state index contributed by atoms with van der Waals surface area (Å²) in [7, 11) is 3.61. The second kappa shape index (κ2) is 6.97. The Morgan fingerprint density at radius 1 is 1.29 bits per heavy atom. The van der Waals surface area contributed by atoms with E-state index in [4.69, 9.17) is 4.74 Å². The summed E-state index contributed by atoms with van der Waals surface area (Å²) in [5.74, 6) is 0.511. The van der Waals surface area contributed by atoms with Crippen LogP contribution in [0.3, 0.4) is 0 Å². The van der Waals surface area contributed by atoms with E-state index in [9.17, 15) is 4.79 Å². The Morgan fingerprint density at radius 2 is 2.05 bits per heavy atom. The number of benzene rings is 1. The molecule has 0 fully saturated rings. The van der Waals surface area contributed by atoms with Gasteiger partial charge >= 0.3 is 0 Å². The van der Waals surface area contributed by atoms with E-state index in [0.29, 0.717) is 11.3 Å². The van der Waals surface area contributed by atoms with E-state index in [-0.39, 0.29) is 11.9 Å². The topological polar surface area (TPSA) is 43.3 Å². The third-order valence-corrected chi connectivity index (χ3v) is 3.61. The van der Waals surface area contributed by atoms with E-state index in [1.54, 1.807) is 19.2 Å². The van der Waals surface area contributed by atoms with Gasteiger partial charge in [-0.05, 0) is 44.0 Å². The molecule has 0 aliphatic rings. The largest absolute Gasteiger partial charge is 0.496 e. The summed E-state index contributed by atoms with van der Waals surface area (Å²) in [6.45, 7) is 2.02. The van der Waals surface area contributed by atoms with Crippen LogP contribution in [0.15, 0.2) is 42.6 Å². The Kier molecular flexibility index (Phi) is 5.04. The van der Waals surface area contributed by atoms with Gasteiger partial charge in [0, 0.05) is 25.0 Å². The first kappa shape index (κ1) is 15.2. The van der Waals surface area contributed by atoms with E-state index in [0.717, 1.165) is 12.8 Å². The molecular weight excluding hydrogens is 264 g/mol. The molecule has 0 bridgehead atoms. The fourth-order valence-electron chi connectivity index (χ4n) is 2.33. The van der Waals surface area contributed by atoms with Gasteiger partial charge in [-0.15, -0.1) is 0 Å². The molecule has 1 aromatic carbocycles. The first-order chi connectivity index (χ1) is 10.1. The molecule has 0 saturated carbocycles. The van der Waals surface area contributed by atoms with Crippen molar-refractivity contribution in [1.82, 2.24) is 9.88 Å². The van der Waals surface area contributed by atoms with Gasteiger partial charge in [0.15, 0.2) is 0 Å². The van der Waals surface area contributed by atoms with Crippen LogP contribution in [0, 0.1) is 0 Å². The quantitative estimate of drug-likeness (QED) is 0.887. The molecule has 1 atom stereocenters.